The van der Waals surface area contributed by atoms with Gasteiger partial charge < -0.3 is 14.8 Å². The number of hydrogen-bond acceptors (Lipinski definition) is 5. The van der Waals surface area contributed by atoms with E-state index in [1.54, 1.807) is 7.11 Å². The van der Waals surface area contributed by atoms with Gasteiger partial charge in [-0.25, -0.2) is 12.7 Å². The van der Waals surface area contributed by atoms with Crippen molar-refractivity contribution < 1.29 is 22.7 Å². The van der Waals surface area contributed by atoms with Crippen LogP contribution in [0.15, 0.2) is 18.2 Å². The molecule has 1 heterocycles. The molecular weight excluding hydrogens is 356 g/mol. The van der Waals surface area contributed by atoms with Crippen LogP contribution in [0.4, 0.5) is 0 Å². The van der Waals surface area contributed by atoms with Crippen LogP contribution in [0.3, 0.4) is 0 Å². The highest BCUT2D eigenvalue weighted by Crippen LogP contribution is 2.20. The molecule has 1 aliphatic rings. The summed E-state index contributed by atoms with van der Waals surface area (Å²) < 4.78 is 36.0. The monoisotopic (exact) mass is 384 g/mol. The predicted octanol–water partition coefficient (Wildman–Crippen LogP) is 0.959. The summed E-state index contributed by atoms with van der Waals surface area (Å²) in [6.07, 6.45) is 0.923. The summed E-state index contributed by atoms with van der Waals surface area (Å²) in [5.74, 6) is 0.444. The number of carbonyl (C=O) groups excluding carboxylic acids is 1. The van der Waals surface area contributed by atoms with Crippen molar-refractivity contribution in [3.05, 3.63) is 29.3 Å². The molecule has 8 heteroatoms. The third-order valence-electron chi connectivity index (χ3n) is 4.64. The number of benzene rings is 1. The van der Waals surface area contributed by atoms with Gasteiger partial charge in [-0.3, -0.25) is 4.79 Å². The molecule has 2 atom stereocenters. The van der Waals surface area contributed by atoms with Gasteiger partial charge in [0.05, 0.1) is 32.1 Å². The van der Waals surface area contributed by atoms with Gasteiger partial charge in [-0.2, -0.15) is 0 Å². The second kappa shape index (κ2) is 8.83. The Morgan fingerprint density at radius 2 is 2.08 bits per heavy atom. The maximum atomic E-state index is 12.3. The van der Waals surface area contributed by atoms with Gasteiger partial charge >= 0.3 is 0 Å². The van der Waals surface area contributed by atoms with E-state index in [2.05, 4.69) is 5.32 Å². The molecule has 26 heavy (non-hydrogen) atoms. The van der Waals surface area contributed by atoms with E-state index in [0.29, 0.717) is 26.1 Å². The molecule has 1 N–H and O–H groups in total. The third-order valence-corrected chi connectivity index (χ3v) is 6.60. The largest absolute Gasteiger partial charge is 0.496 e. The second-order valence-corrected chi connectivity index (χ2v) is 9.06. The van der Waals surface area contributed by atoms with Gasteiger partial charge in [-0.05, 0) is 30.5 Å². The summed E-state index contributed by atoms with van der Waals surface area (Å²) in [7, 11) is 1.31. The van der Waals surface area contributed by atoms with Crippen LogP contribution in [-0.2, 0) is 26.0 Å². The highest BCUT2D eigenvalue weighted by atomic mass is 32.2. The minimum Gasteiger partial charge on any atom is -0.496 e. The van der Waals surface area contributed by atoms with Gasteiger partial charge in [0.15, 0.2) is 0 Å². The molecular formula is C18H28N2O5S. The molecule has 1 amide bonds. The van der Waals surface area contributed by atoms with E-state index in [1.165, 1.54) is 18.4 Å². The van der Waals surface area contributed by atoms with Crippen molar-refractivity contribution in [1.82, 2.24) is 9.62 Å². The summed E-state index contributed by atoms with van der Waals surface area (Å²) in [4.78, 5) is 12.3. The first kappa shape index (κ1) is 20.7. The number of carbonyl (C=O) groups is 1. The van der Waals surface area contributed by atoms with Crippen LogP contribution in [0.2, 0.25) is 0 Å². The molecule has 0 saturated carbocycles. The van der Waals surface area contributed by atoms with Crippen molar-refractivity contribution in [1.29, 1.82) is 0 Å². The molecule has 0 radical (unpaired) electrons. The summed E-state index contributed by atoms with van der Waals surface area (Å²) >= 11 is 0. The van der Waals surface area contributed by atoms with E-state index in [1.807, 2.05) is 25.1 Å². The lowest BCUT2D eigenvalue weighted by atomic mass is 10.0. The fourth-order valence-electron chi connectivity index (χ4n) is 2.90. The fraction of sp³-hybridized carbons (Fsp3) is 0.611. The van der Waals surface area contributed by atoms with E-state index in [4.69, 9.17) is 9.47 Å². The molecule has 0 aromatic heterocycles. The number of methoxy groups -OCH3 is 1. The van der Waals surface area contributed by atoms with Crippen molar-refractivity contribution in [2.75, 3.05) is 40.2 Å². The van der Waals surface area contributed by atoms with Crippen molar-refractivity contribution in [2.24, 2.45) is 5.92 Å². The molecule has 2 rings (SSSR count). The number of hydrogen-bond donors (Lipinski definition) is 1. The van der Waals surface area contributed by atoms with Gasteiger partial charge in [-0.15, -0.1) is 0 Å². The minimum atomic E-state index is -3.33. The SMILES string of the molecule is COc1cc(CCC(=O)N[C@@H]2COC[C@H]2CS(=O)(=O)N(C)C)ccc1C. The molecule has 146 valence electrons. The Kier molecular flexibility index (Phi) is 7.02. The van der Waals surface area contributed by atoms with Crippen LogP contribution in [0.1, 0.15) is 17.5 Å². The van der Waals surface area contributed by atoms with Crippen LogP contribution >= 0.6 is 0 Å². The topological polar surface area (TPSA) is 84.9 Å². The van der Waals surface area contributed by atoms with Crippen LogP contribution < -0.4 is 10.1 Å². The van der Waals surface area contributed by atoms with Gasteiger partial charge in [-0.1, -0.05) is 12.1 Å². The molecule has 1 aromatic carbocycles. The smallest absolute Gasteiger partial charge is 0.220 e. The zero-order valence-corrected chi connectivity index (χ0v) is 16.6. The van der Waals surface area contributed by atoms with Crippen molar-refractivity contribution in [3.8, 4) is 5.75 Å². The molecule has 1 aromatic rings. The average molecular weight is 384 g/mol. The first-order valence-electron chi connectivity index (χ1n) is 8.63. The second-order valence-electron chi connectivity index (χ2n) is 6.84. The van der Waals surface area contributed by atoms with Crippen molar-refractivity contribution in [2.45, 2.75) is 25.8 Å². The Morgan fingerprint density at radius 3 is 2.73 bits per heavy atom. The van der Waals surface area contributed by atoms with Gasteiger partial charge in [0.25, 0.3) is 0 Å². The van der Waals surface area contributed by atoms with Crippen LogP contribution in [0, 0.1) is 12.8 Å². The lowest BCUT2D eigenvalue weighted by Crippen LogP contribution is -2.43. The number of rotatable bonds is 8. The molecule has 0 spiro atoms. The lowest BCUT2D eigenvalue weighted by molar-refractivity contribution is -0.122. The first-order chi connectivity index (χ1) is 12.2. The average Bonchev–Trinajstić information content (AvgIpc) is 3.00. The van der Waals surface area contributed by atoms with E-state index in [-0.39, 0.29) is 23.6 Å². The quantitative estimate of drug-likeness (QED) is 0.722. The Labute approximate surface area is 155 Å². The third kappa shape index (κ3) is 5.43. The van der Waals surface area contributed by atoms with Crippen molar-refractivity contribution >= 4 is 15.9 Å². The highest BCUT2D eigenvalue weighted by molar-refractivity contribution is 7.89. The molecule has 0 bridgehead atoms. The lowest BCUT2D eigenvalue weighted by Gasteiger charge is -2.21. The highest BCUT2D eigenvalue weighted by Gasteiger charge is 2.34. The zero-order chi connectivity index (χ0) is 19.3. The Balaban J connectivity index is 1.88. The Morgan fingerprint density at radius 1 is 1.35 bits per heavy atom. The summed E-state index contributed by atoms with van der Waals surface area (Å²) in [5, 5.41) is 2.92. The summed E-state index contributed by atoms with van der Waals surface area (Å²) in [5.41, 5.74) is 2.07. The van der Waals surface area contributed by atoms with E-state index >= 15 is 0 Å². The minimum absolute atomic E-state index is 0.0277. The van der Waals surface area contributed by atoms with E-state index in [9.17, 15) is 13.2 Å². The predicted molar refractivity (Wildman–Crippen MR) is 99.8 cm³/mol. The normalized spacial score (nSPS) is 20.3. The number of sulfonamides is 1. The standard InChI is InChI=1S/C18H28N2O5S/c1-13-5-6-14(9-17(13)24-4)7-8-18(21)19-16-11-25-10-15(16)12-26(22,23)20(2)3/h5-6,9,15-16H,7-8,10-12H2,1-4H3,(H,19,21)/t15-,16+/m0/s1. The van der Waals surface area contributed by atoms with Crippen molar-refractivity contribution in [3.63, 3.8) is 0 Å². The van der Waals surface area contributed by atoms with Gasteiger partial charge in [0.1, 0.15) is 5.75 Å². The number of ether oxygens (including phenoxy) is 2. The van der Waals surface area contributed by atoms with Gasteiger partial charge in [0, 0.05) is 26.4 Å². The molecule has 1 saturated heterocycles. The van der Waals surface area contributed by atoms with E-state index in [0.717, 1.165) is 16.9 Å². The first-order valence-corrected chi connectivity index (χ1v) is 10.2. The van der Waals surface area contributed by atoms with Crippen LogP contribution in [0.5, 0.6) is 5.75 Å². The fourth-order valence-corrected chi connectivity index (χ4v) is 4.07. The molecule has 7 nitrogen and oxygen atoms in total. The molecule has 0 unspecified atom stereocenters. The maximum absolute atomic E-state index is 12.3. The number of aryl methyl sites for hydroxylation is 2. The zero-order valence-electron chi connectivity index (χ0n) is 15.8. The van der Waals surface area contributed by atoms with Gasteiger partial charge in [0.2, 0.25) is 15.9 Å². The molecule has 0 aliphatic carbocycles. The van der Waals surface area contributed by atoms with Crippen LogP contribution in [0.25, 0.3) is 0 Å². The number of nitrogens with one attached hydrogen (secondary N) is 1. The Bertz CT molecular complexity index is 733. The number of nitrogens with zero attached hydrogens (tertiary/aromatic N) is 1. The van der Waals surface area contributed by atoms with E-state index < -0.39 is 10.0 Å². The maximum Gasteiger partial charge on any atom is 0.220 e. The molecule has 1 aliphatic heterocycles. The summed E-state index contributed by atoms with van der Waals surface area (Å²) in [6, 6.07) is 5.62. The number of amides is 1. The van der Waals surface area contributed by atoms with Crippen LogP contribution in [-0.4, -0.2) is 64.8 Å². The molecule has 1 fully saturated rings. The Hall–Kier alpha value is -1.64. The summed E-state index contributed by atoms with van der Waals surface area (Å²) in [6.45, 7) is 2.65.